The summed E-state index contributed by atoms with van der Waals surface area (Å²) < 4.78 is 42.4. The molecule has 0 amide bonds. The second kappa shape index (κ2) is 5.09. The molecule has 1 unspecified atom stereocenters. The van der Waals surface area contributed by atoms with Crippen LogP contribution >= 0.6 is 11.8 Å². The van der Waals surface area contributed by atoms with E-state index in [-0.39, 0.29) is 0 Å². The van der Waals surface area contributed by atoms with E-state index in [1.807, 2.05) is 0 Å². The number of alkyl halides is 3. The second-order valence-corrected chi connectivity index (χ2v) is 5.32. The number of amidine groups is 1. The fourth-order valence-corrected chi connectivity index (χ4v) is 3.02. The van der Waals surface area contributed by atoms with Crippen LogP contribution in [-0.2, 0) is 4.74 Å². The normalized spacial score (nSPS) is 40.6. The van der Waals surface area contributed by atoms with Gasteiger partial charge < -0.3 is 25.4 Å². The van der Waals surface area contributed by atoms with Gasteiger partial charge in [0.15, 0.2) is 11.3 Å². The first-order chi connectivity index (χ1) is 8.75. The van der Waals surface area contributed by atoms with Crippen molar-refractivity contribution in [1.82, 2.24) is 5.32 Å². The van der Waals surface area contributed by atoms with E-state index < -0.39 is 42.1 Å². The lowest BCUT2D eigenvalue weighted by molar-refractivity contribution is -0.271. The molecule has 0 aliphatic carbocycles. The number of fused-ring (bicyclic) bond motifs is 1. The van der Waals surface area contributed by atoms with Crippen molar-refractivity contribution in [2.45, 2.75) is 42.1 Å². The molecule has 0 bridgehead atoms. The molecule has 0 aromatic heterocycles. The predicted molar refractivity (Wildman–Crippen MR) is 60.6 cm³/mol. The van der Waals surface area contributed by atoms with Crippen LogP contribution in [0.5, 0.6) is 0 Å². The van der Waals surface area contributed by atoms with E-state index in [0.717, 1.165) is 11.8 Å². The third-order valence-corrected chi connectivity index (χ3v) is 4.12. The number of aliphatic hydroxyl groups excluding tert-OH is 3. The third kappa shape index (κ3) is 2.68. The summed E-state index contributed by atoms with van der Waals surface area (Å²) in [6.07, 6.45) is -13.1. The number of nitrogens with zero attached hydrogens (tertiary/aromatic N) is 1. The van der Waals surface area contributed by atoms with Gasteiger partial charge >= 0.3 is 6.18 Å². The van der Waals surface area contributed by atoms with E-state index in [9.17, 15) is 23.4 Å². The summed E-state index contributed by atoms with van der Waals surface area (Å²) in [6, 6.07) is -0.862. The van der Waals surface area contributed by atoms with E-state index in [1.54, 1.807) is 7.05 Å². The highest BCUT2D eigenvalue weighted by atomic mass is 32.2. The van der Waals surface area contributed by atoms with Crippen LogP contribution in [0, 0.1) is 0 Å². The van der Waals surface area contributed by atoms with Crippen LogP contribution in [-0.4, -0.2) is 69.6 Å². The molecular weight excluding hydrogens is 289 g/mol. The van der Waals surface area contributed by atoms with Crippen LogP contribution in [0.2, 0.25) is 0 Å². The summed E-state index contributed by atoms with van der Waals surface area (Å²) in [4.78, 5) is 3.99. The van der Waals surface area contributed by atoms with Crippen molar-refractivity contribution in [2.24, 2.45) is 4.99 Å². The standard InChI is InChI=1S/C9H13F3N2O4S/c1-13-8-14-2-3(15)4(16)5(18-7(2)19-8)6(17)9(10,11)12/h2-7,15-17H,1H3,(H,13,14)/t2-,3-,4+,5?,6-,7-/m1/s1. The van der Waals surface area contributed by atoms with Crippen LogP contribution in [0.3, 0.4) is 0 Å². The monoisotopic (exact) mass is 302 g/mol. The van der Waals surface area contributed by atoms with Gasteiger partial charge in [0.1, 0.15) is 29.8 Å². The average Bonchev–Trinajstić information content (AvgIpc) is 2.75. The Labute approximate surface area is 110 Å². The number of halogens is 3. The number of aliphatic imine (C=N–C) groups is 1. The van der Waals surface area contributed by atoms with Gasteiger partial charge in [-0.05, 0) is 0 Å². The first-order valence-corrected chi connectivity index (χ1v) is 6.32. The molecule has 110 valence electrons. The molecule has 1 saturated heterocycles. The van der Waals surface area contributed by atoms with Crippen LogP contribution in [0.25, 0.3) is 0 Å². The Balaban J connectivity index is 2.16. The summed E-state index contributed by atoms with van der Waals surface area (Å²) in [5.41, 5.74) is -0.872. The number of aliphatic hydroxyl groups is 3. The van der Waals surface area contributed by atoms with Crippen LogP contribution in [0.4, 0.5) is 13.2 Å². The Hall–Kier alpha value is -0.550. The lowest BCUT2D eigenvalue weighted by Crippen LogP contribution is -2.60. The number of thioether (sulfide) groups is 1. The number of rotatable bonds is 1. The van der Waals surface area contributed by atoms with Gasteiger partial charge in [-0.15, -0.1) is 0 Å². The van der Waals surface area contributed by atoms with Gasteiger partial charge in [0.25, 0.3) is 0 Å². The largest absolute Gasteiger partial charge is 0.417 e. The Bertz CT molecular complexity index is 381. The molecule has 0 spiro atoms. The van der Waals surface area contributed by atoms with Crippen molar-refractivity contribution in [3.05, 3.63) is 0 Å². The molecule has 0 radical (unpaired) electrons. The molecule has 2 heterocycles. The third-order valence-electron chi connectivity index (χ3n) is 2.96. The SMILES string of the molecule is CNC1=N[C@@H]2[C@@H](O)[C@H](O)C([C@@H](O)C(F)(F)F)O[C@@H]2S1. The Morgan fingerprint density at radius 3 is 2.53 bits per heavy atom. The second-order valence-electron chi connectivity index (χ2n) is 4.23. The van der Waals surface area contributed by atoms with Gasteiger partial charge in [-0.25, -0.2) is 0 Å². The van der Waals surface area contributed by atoms with Crippen LogP contribution < -0.4 is 5.32 Å². The molecule has 6 nitrogen and oxygen atoms in total. The lowest BCUT2D eigenvalue weighted by atomic mass is 9.94. The lowest BCUT2D eigenvalue weighted by Gasteiger charge is -2.40. The van der Waals surface area contributed by atoms with E-state index in [0.29, 0.717) is 5.17 Å². The summed E-state index contributed by atoms with van der Waals surface area (Å²) in [5, 5.41) is 31.7. The van der Waals surface area contributed by atoms with Gasteiger partial charge in [-0.2, -0.15) is 13.2 Å². The fraction of sp³-hybridized carbons (Fsp3) is 0.889. The molecule has 19 heavy (non-hydrogen) atoms. The molecule has 6 atom stereocenters. The summed E-state index contributed by atoms with van der Waals surface area (Å²) >= 11 is 0.999. The molecule has 0 aromatic carbocycles. The molecule has 2 rings (SSSR count). The summed E-state index contributed by atoms with van der Waals surface area (Å²) in [6.45, 7) is 0. The highest BCUT2D eigenvalue weighted by Crippen LogP contribution is 2.38. The Morgan fingerprint density at radius 1 is 1.37 bits per heavy atom. The van der Waals surface area contributed by atoms with E-state index in [1.165, 1.54) is 0 Å². The highest BCUT2D eigenvalue weighted by molar-refractivity contribution is 8.14. The molecule has 0 aromatic rings. The number of ether oxygens (including phenoxy) is 1. The maximum Gasteiger partial charge on any atom is 0.417 e. The van der Waals surface area contributed by atoms with Crippen molar-refractivity contribution in [1.29, 1.82) is 0 Å². The van der Waals surface area contributed by atoms with Gasteiger partial charge in [0.05, 0.1) is 0 Å². The molecule has 2 aliphatic heterocycles. The molecule has 0 saturated carbocycles. The van der Waals surface area contributed by atoms with Crippen LogP contribution in [0.15, 0.2) is 4.99 Å². The van der Waals surface area contributed by atoms with E-state index in [4.69, 9.17) is 9.84 Å². The number of hydrogen-bond acceptors (Lipinski definition) is 7. The molecule has 2 aliphatic rings. The van der Waals surface area contributed by atoms with Gasteiger partial charge in [0, 0.05) is 7.05 Å². The predicted octanol–water partition coefficient (Wildman–Crippen LogP) is -0.953. The van der Waals surface area contributed by atoms with Crippen molar-refractivity contribution in [2.75, 3.05) is 7.05 Å². The van der Waals surface area contributed by atoms with Gasteiger partial charge in [-0.1, -0.05) is 11.8 Å². The number of nitrogens with one attached hydrogen (secondary N) is 1. The van der Waals surface area contributed by atoms with Crippen LogP contribution in [0.1, 0.15) is 0 Å². The smallest absolute Gasteiger partial charge is 0.388 e. The summed E-state index contributed by atoms with van der Waals surface area (Å²) in [5.74, 6) is 0. The Morgan fingerprint density at radius 2 is 2.00 bits per heavy atom. The summed E-state index contributed by atoms with van der Waals surface area (Å²) in [7, 11) is 1.56. The molecule has 10 heteroatoms. The maximum absolute atomic E-state index is 12.5. The van der Waals surface area contributed by atoms with Gasteiger partial charge in [-0.3, -0.25) is 4.99 Å². The number of hydrogen-bond donors (Lipinski definition) is 4. The van der Waals surface area contributed by atoms with Crippen molar-refractivity contribution in [3.8, 4) is 0 Å². The van der Waals surface area contributed by atoms with E-state index in [2.05, 4.69) is 10.3 Å². The Kier molecular flexibility index (Phi) is 3.98. The van der Waals surface area contributed by atoms with E-state index >= 15 is 0 Å². The van der Waals surface area contributed by atoms with Crippen molar-refractivity contribution < 1.29 is 33.2 Å². The zero-order chi connectivity index (χ0) is 14.4. The zero-order valence-corrected chi connectivity index (χ0v) is 10.5. The first kappa shape index (κ1) is 14.9. The minimum absolute atomic E-state index is 0.392. The minimum atomic E-state index is -4.94. The van der Waals surface area contributed by atoms with Crippen molar-refractivity contribution >= 4 is 16.9 Å². The zero-order valence-electron chi connectivity index (χ0n) is 9.70. The highest BCUT2D eigenvalue weighted by Gasteiger charge is 2.55. The molecule has 4 N–H and O–H groups in total. The molecular formula is C9H13F3N2O4S. The topological polar surface area (TPSA) is 94.3 Å². The fourth-order valence-electron chi connectivity index (χ4n) is 1.95. The first-order valence-electron chi connectivity index (χ1n) is 5.44. The quantitative estimate of drug-likeness (QED) is 0.499. The maximum atomic E-state index is 12.5. The average molecular weight is 302 g/mol. The van der Waals surface area contributed by atoms with Crippen molar-refractivity contribution in [3.63, 3.8) is 0 Å². The molecule has 1 fully saturated rings. The minimum Gasteiger partial charge on any atom is -0.388 e. The van der Waals surface area contributed by atoms with Gasteiger partial charge in [0.2, 0.25) is 0 Å².